The molecule has 8 atom stereocenters. The van der Waals surface area contributed by atoms with E-state index in [1.807, 2.05) is 83.1 Å². The molecule has 364 valence electrons. The number of ether oxygens (including phenoxy) is 6. The summed E-state index contributed by atoms with van der Waals surface area (Å²) in [7, 11) is -3.42. The van der Waals surface area contributed by atoms with Crippen molar-refractivity contribution < 1.29 is 55.5 Å². The largest absolute Gasteiger partial charge is 0.388 e. The van der Waals surface area contributed by atoms with E-state index in [-0.39, 0.29) is 36.6 Å². The average Bonchev–Trinajstić information content (AvgIpc) is 4.19. The van der Waals surface area contributed by atoms with Crippen LogP contribution in [0.4, 0.5) is 0 Å². The minimum Gasteiger partial charge on any atom is -0.388 e. The molecule has 14 heteroatoms. The molecule has 0 aromatic heterocycles. The molecule has 0 radical (unpaired) electrons. The van der Waals surface area contributed by atoms with Gasteiger partial charge in [-0.1, -0.05) is 156 Å². The van der Waals surface area contributed by atoms with Gasteiger partial charge in [0.15, 0.2) is 0 Å². The number of fused-ring (bicyclic) bond motifs is 2. The summed E-state index contributed by atoms with van der Waals surface area (Å²) in [6.45, 7) is 25.8. The summed E-state index contributed by atoms with van der Waals surface area (Å²) in [5, 5.41) is 18.6. The Morgan fingerprint density at radius 3 is 0.781 bits per heavy atom. The fourth-order valence-electron chi connectivity index (χ4n) is 5.96. The van der Waals surface area contributed by atoms with Crippen LogP contribution in [0, 0.1) is 0 Å². The molecule has 4 aliphatic heterocycles. The molecule has 0 aliphatic carbocycles. The molecule has 4 aromatic rings. The molecular formula is C50H80O12S2. The van der Waals surface area contributed by atoms with E-state index in [9.17, 15) is 27.0 Å². The lowest BCUT2D eigenvalue weighted by Gasteiger charge is -2.12. The van der Waals surface area contributed by atoms with Gasteiger partial charge in [0, 0.05) is 14.2 Å². The van der Waals surface area contributed by atoms with Crippen LogP contribution < -0.4 is 0 Å². The molecule has 0 saturated carbocycles. The van der Waals surface area contributed by atoms with Gasteiger partial charge in [-0.2, -0.15) is 0 Å². The fraction of sp³-hybridized carbons (Fsp3) is 0.520. The molecule has 0 bridgehead atoms. The Kier molecular flexibility index (Phi) is 35.8. The van der Waals surface area contributed by atoms with Crippen LogP contribution in [0.5, 0.6) is 0 Å². The van der Waals surface area contributed by atoms with E-state index in [2.05, 4.69) is 0 Å². The van der Waals surface area contributed by atoms with Gasteiger partial charge >= 0.3 is 0 Å². The van der Waals surface area contributed by atoms with E-state index in [0.29, 0.717) is 46.0 Å². The van der Waals surface area contributed by atoms with E-state index < -0.39 is 31.9 Å². The summed E-state index contributed by atoms with van der Waals surface area (Å²) < 4.78 is 79.5. The summed E-state index contributed by atoms with van der Waals surface area (Å²) in [6.07, 6.45) is -1.40. The number of rotatable bonds is 6. The SMILES string of the molecule is CC.CC.CC.CC.CC.CC.CO[C@H]1CO[C@H]2[C@@H]1OC[C@@H]2O.CO[C@H]1CO[C@H]2[C@@H]1OC[C@H]2O.O=S(=O)(c1ccccc1)c1ccccc1.O=S(=O)(c1ccccc1)c1ccccc1. The predicted octanol–water partition coefficient (Wildman–Crippen LogP) is 9.52. The maximum Gasteiger partial charge on any atom is 0.206 e. The molecule has 4 aromatic carbocycles. The van der Waals surface area contributed by atoms with Crippen molar-refractivity contribution in [2.24, 2.45) is 0 Å². The van der Waals surface area contributed by atoms with Crippen molar-refractivity contribution in [3.8, 4) is 0 Å². The number of sulfone groups is 2. The van der Waals surface area contributed by atoms with E-state index in [1.165, 1.54) is 0 Å². The third-order valence-corrected chi connectivity index (χ3v) is 12.4. The standard InChI is InChI=1S/2C12H10O2S.2C7H12O4.6C2H6/c2*13-15(14,11-7-3-1-4-8-11)12-9-5-2-6-10-12;2*1-9-5-3-11-6-4(8)2-10-7(5)6;6*1-2/h2*1-10H;2*4-8H,2-3H2,1H3;6*1-2H3/t;;4-,5+,6-,7-;4-,5-,6+,7+;;;;;;/m..10....../s1. The highest BCUT2D eigenvalue weighted by Crippen LogP contribution is 2.29. The first-order valence-corrected chi connectivity index (χ1v) is 25.6. The van der Waals surface area contributed by atoms with Gasteiger partial charge in [0.2, 0.25) is 19.7 Å². The van der Waals surface area contributed by atoms with Crippen molar-refractivity contribution in [3.63, 3.8) is 0 Å². The molecule has 2 N–H and O–H groups in total. The molecule has 64 heavy (non-hydrogen) atoms. The molecule has 12 nitrogen and oxygen atoms in total. The highest BCUT2D eigenvalue weighted by Gasteiger charge is 2.48. The lowest BCUT2D eigenvalue weighted by atomic mass is 10.1. The molecule has 0 spiro atoms. The third kappa shape index (κ3) is 19.1. The number of aliphatic hydroxyl groups is 2. The molecule has 4 saturated heterocycles. The topological polar surface area (TPSA) is 164 Å². The zero-order valence-corrected chi connectivity index (χ0v) is 42.4. The van der Waals surface area contributed by atoms with Gasteiger partial charge in [0.1, 0.15) is 48.8 Å². The number of benzene rings is 4. The molecule has 4 fully saturated rings. The molecule has 4 heterocycles. The Bertz CT molecular complexity index is 1640. The van der Waals surface area contributed by atoms with E-state index in [0.717, 1.165) is 0 Å². The Balaban J connectivity index is 0. The second kappa shape index (κ2) is 36.7. The maximum atomic E-state index is 12.0. The van der Waals surface area contributed by atoms with Crippen molar-refractivity contribution in [2.45, 2.75) is 151 Å². The van der Waals surface area contributed by atoms with Crippen LogP contribution in [0.25, 0.3) is 0 Å². The van der Waals surface area contributed by atoms with Crippen molar-refractivity contribution >= 4 is 19.7 Å². The number of methoxy groups -OCH3 is 2. The Morgan fingerprint density at radius 1 is 0.375 bits per heavy atom. The second-order valence-electron chi connectivity index (χ2n) is 12.1. The highest BCUT2D eigenvalue weighted by molar-refractivity contribution is 7.91. The number of hydrogen-bond acceptors (Lipinski definition) is 12. The molecular weight excluding hydrogens is 857 g/mol. The van der Waals surface area contributed by atoms with Crippen LogP contribution in [0.3, 0.4) is 0 Å². The van der Waals surface area contributed by atoms with Gasteiger partial charge in [-0.05, 0) is 48.5 Å². The zero-order valence-electron chi connectivity index (χ0n) is 40.8. The summed E-state index contributed by atoms with van der Waals surface area (Å²) in [5.41, 5.74) is 0. The molecule has 0 amide bonds. The second-order valence-corrected chi connectivity index (χ2v) is 16.0. The number of hydrogen-bond donors (Lipinski definition) is 2. The van der Waals surface area contributed by atoms with Gasteiger partial charge < -0.3 is 38.6 Å². The van der Waals surface area contributed by atoms with Crippen LogP contribution in [-0.2, 0) is 48.1 Å². The van der Waals surface area contributed by atoms with Gasteiger partial charge in [-0.15, -0.1) is 0 Å². The van der Waals surface area contributed by atoms with E-state index in [1.54, 1.807) is 136 Å². The fourth-order valence-corrected chi connectivity index (χ4v) is 8.57. The minimum atomic E-state index is -3.34. The smallest absolute Gasteiger partial charge is 0.206 e. The van der Waals surface area contributed by atoms with Gasteiger partial charge in [-0.3, -0.25) is 0 Å². The quantitative estimate of drug-likeness (QED) is 0.189. The van der Waals surface area contributed by atoms with Gasteiger partial charge in [0.05, 0.1) is 46.0 Å². The van der Waals surface area contributed by atoms with Crippen molar-refractivity contribution in [1.82, 2.24) is 0 Å². The Morgan fingerprint density at radius 2 is 0.578 bits per heavy atom. The first-order valence-electron chi connectivity index (χ1n) is 22.7. The first-order chi connectivity index (χ1) is 31.1. The van der Waals surface area contributed by atoms with Crippen LogP contribution in [-0.4, -0.2) is 117 Å². The van der Waals surface area contributed by atoms with Crippen LogP contribution in [0.15, 0.2) is 141 Å². The predicted molar refractivity (Wildman–Crippen MR) is 257 cm³/mol. The average molecular weight is 937 g/mol. The van der Waals surface area contributed by atoms with E-state index in [4.69, 9.17) is 28.4 Å². The van der Waals surface area contributed by atoms with E-state index >= 15 is 0 Å². The van der Waals surface area contributed by atoms with Crippen LogP contribution in [0.1, 0.15) is 83.1 Å². The lowest BCUT2D eigenvalue weighted by molar-refractivity contribution is -0.0168. The monoisotopic (exact) mass is 937 g/mol. The summed E-state index contributed by atoms with van der Waals surface area (Å²) in [5.74, 6) is 0. The molecule has 8 rings (SSSR count). The summed E-state index contributed by atoms with van der Waals surface area (Å²) in [4.78, 5) is 1.32. The zero-order chi connectivity index (χ0) is 49.1. The van der Waals surface area contributed by atoms with Crippen LogP contribution in [0.2, 0.25) is 0 Å². The van der Waals surface area contributed by atoms with Gasteiger partial charge in [0.25, 0.3) is 0 Å². The number of aliphatic hydroxyl groups excluding tert-OH is 2. The summed E-state index contributed by atoms with van der Waals surface area (Å²) >= 11 is 0. The summed E-state index contributed by atoms with van der Waals surface area (Å²) in [6, 6.07) is 33.7. The molecule has 4 aliphatic rings. The van der Waals surface area contributed by atoms with Crippen molar-refractivity contribution in [2.75, 3.05) is 40.6 Å². The molecule has 0 unspecified atom stereocenters. The van der Waals surface area contributed by atoms with Crippen molar-refractivity contribution in [3.05, 3.63) is 121 Å². The van der Waals surface area contributed by atoms with Gasteiger partial charge in [-0.25, -0.2) is 16.8 Å². The minimum absolute atomic E-state index is 0.00264. The Labute approximate surface area is 387 Å². The van der Waals surface area contributed by atoms with Crippen molar-refractivity contribution in [1.29, 1.82) is 0 Å². The first kappa shape index (κ1) is 62.5. The maximum absolute atomic E-state index is 12.0. The lowest BCUT2D eigenvalue weighted by Crippen LogP contribution is -2.32. The van der Waals surface area contributed by atoms with Crippen LogP contribution >= 0.6 is 0 Å². The third-order valence-electron chi connectivity index (χ3n) is 8.78. The Hall–Kier alpha value is -3.54. The normalized spacial score (nSPS) is 22.9. The highest BCUT2D eigenvalue weighted by atomic mass is 32.2.